The number of nitrogens with zero attached hydrogens (tertiary/aromatic N) is 3. The van der Waals surface area contributed by atoms with Gasteiger partial charge in [-0.15, -0.1) is 0 Å². The second-order valence-electron chi connectivity index (χ2n) is 4.38. The number of aromatic nitrogens is 2. The number of nitrogens with two attached hydrogens (primary N) is 1. The first-order valence-corrected chi connectivity index (χ1v) is 6.01. The van der Waals surface area contributed by atoms with Gasteiger partial charge >= 0.3 is 5.97 Å². The van der Waals surface area contributed by atoms with Crippen LogP contribution in [0.2, 0.25) is 0 Å². The third-order valence-electron chi connectivity index (χ3n) is 2.80. The van der Waals surface area contributed by atoms with E-state index in [2.05, 4.69) is 11.2 Å². The lowest BCUT2D eigenvalue weighted by Gasteiger charge is -2.08. The summed E-state index contributed by atoms with van der Waals surface area (Å²) in [7, 11) is 0. The highest BCUT2D eigenvalue weighted by atomic mass is 16.5. The molecule has 1 aromatic carbocycles. The van der Waals surface area contributed by atoms with E-state index in [1.807, 2.05) is 6.92 Å². The molecule has 0 spiro atoms. The number of hydrogen-bond donors (Lipinski definition) is 1. The van der Waals surface area contributed by atoms with Crippen molar-refractivity contribution in [2.75, 3.05) is 5.73 Å². The summed E-state index contributed by atoms with van der Waals surface area (Å²) in [6, 6.07) is 7.31. The monoisotopic (exact) mass is 270 g/mol. The Morgan fingerprint density at radius 3 is 2.95 bits per heavy atom. The molecular formula is C14H14N4O2. The van der Waals surface area contributed by atoms with Crippen LogP contribution in [0.15, 0.2) is 30.6 Å². The summed E-state index contributed by atoms with van der Waals surface area (Å²) in [4.78, 5) is 11.7. The van der Waals surface area contributed by atoms with E-state index in [0.717, 1.165) is 11.1 Å². The minimum Gasteiger partial charge on any atom is -0.459 e. The van der Waals surface area contributed by atoms with Crippen LogP contribution < -0.4 is 5.73 Å². The van der Waals surface area contributed by atoms with Gasteiger partial charge < -0.3 is 10.5 Å². The number of aryl methyl sites for hydroxylation is 1. The summed E-state index contributed by atoms with van der Waals surface area (Å²) in [5.41, 5.74) is 8.38. The predicted octanol–water partition coefficient (Wildman–Crippen LogP) is 1.39. The van der Waals surface area contributed by atoms with E-state index in [0.29, 0.717) is 11.3 Å². The number of nitrogen functional groups attached to an aromatic ring is 1. The average Bonchev–Trinajstić information content (AvgIpc) is 2.82. The second-order valence-corrected chi connectivity index (χ2v) is 4.38. The predicted molar refractivity (Wildman–Crippen MR) is 72.3 cm³/mol. The van der Waals surface area contributed by atoms with Crippen molar-refractivity contribution in [3.05, 3.63) is 47.3 Å². The number of nitriles is 1. The summed E-state index contributed by atoms with van der Waals surface area (Å²) in [6.45, 7) is 2.07. The molecule has 6 heteroatoms. The summed E-state index contributed by atoms with van der Waals surface area (Å²) in [5.74, 6) is -0.392. The molecule has 0 bridgehead atoms. The van der Waals surface area contributed by atoms with Gasteiger partial charge in [0, 0.05) is 6.20 Å². The molecule has 0 amide bonds. The van der Waals surface area contributed by atoms with E-state index < -0.39 is 5.97 Å². The molecule has 102 valence electrons. The molecular weight excluding hydrogens is 256 g/mol. The second kappa shape index (κ2) is 5.89. The highest BCUT2D eigenvalue weighted by Gasteiger charge is 2.07. The zero-order valence-electron chi connectivity index (χ0n) is 11.0. The van der Waals surface area contributed by atoms with Gasteiger partial charge in [0.05, 0.1) is 23.5 Å². The van der Waals surface area contributed by atoms with Crippen molar-refractivity contribution in [3.8, 4) is 6.07 Å². The van der Waals surface area contributed by atoms with Crippen LogP contribution in [0.5, 0.6) is 0 Å². The van der Waals surface area contributed by atoms with Crippen LogP contribution in [0, 0.1) is 18.3 Å². The Kier molecular flexibility index (Phi) is 4.01. The standard InChI is InChI=1S/C14H14N4O2/c1-10-4-11(5-15)2-3-12(10)9-20-14(19)8-18-7-13(16)6-17-18/h2-4,6-7H,8-9,16H2,1H3. The first-order chi connectivity index (χ1) is 9.58. The molecule has 0 saturated heterocycles. The maximum Gasteiger partial charge on any atom is 0.328 e. The quantitative estimate of drug-likeness (QED) is 0.847. The van der Waals surface area contributed by atoms with E-state index in [1.54, 1.807) is 24.4 Å². The summed E-state index contributed by atoms with van der Waals surface area (Å²) >= 11 is 0. The first-order valence-electron chi connectivity index (χ1n) is 6.01. The van der Waals surface area contributed by atoms with Crippen molar-refractivity contribution < 1.29 is 9.53 Å². The first kappa shape index (κ1) is 13.6. The molecule has 1 aromatic heterocycles. The minimum absolute atomic E-state index is 0.0204. The Balaban J connectivity index is 1.92. The van der Waals surface area contributed by atoms with Crippen LogP contribution in [0.3, 0.4) is 0 Å². The zero-order valence-corrected chi connectivity index (χ0v) is 11.0. The van der Waals surface area contributed by atoms with Crippen molar-refractivity contribution in [1.29, 1.82) is 5.26 Å². The molecule has 0 aliphatic carbocycles. The number of hydrogen-bond acceptors (Lipinski definition) is 5. The van der Waals surface area contributed by atoms with Crippen molar-refractivity contribution in [3.63, 3.8) is 0 Å². The van der Waals surface area contributed by atoms with Gasteiger partial charge in [-0.2, -0.15) is 10.4 Å². The number of ether oxygens (including phenoxy) is 1. The van der Waals surface area contributed by atoms with Crippen molar-refractivity contribution in [1.82, 2.24) is 9.78 Å². The zero-order chi connectivity index (χ0) is 14.5. The fourth-order valence-electron chi connectivity index (χ4n) is 1.73. The molecule has 20 heavy (non-hydrogen) atoms. The van der Waals surface area contributed by atoms with E-state index in [9.17, 15) is 4.79 Å². The minimum atomic E-state index is -0.392. The summed E-state index contributed by atoms with van der Waals surface area (Å²) in [5, 5.41) is 12.7. The molecule has 0 aliphatic heterocycles. The third kappa shape index (κ3) is 3.36. The lowest BCUT2D eigenvalue weighted by atomic mass is 10.1. The van der Waals surface area contributed by atoms with Crippen molar-refractivity contribution in [2.45, 2.75) is 20.1 Å². The largest absolute Gasteiger partial charge is 0.459 e. The van der Waals surface area contributed by atoms with Crippen LogP contribution in [0.1, 0.15) is 16.7 Å². The molecule has 6 nitrogen and oxygen atoms in total. The molecule has 0 aliphatic rings. The summed E-state index contributed by atoms with van der Waals surface area (Å²) < 4.78 is 6.59. The van der Waals surface area contributed by atoms with E-state index >= 15 is 0 Å². The fraction of sp³-hybridized carbons (Fsp3) is 0.214. The Labute approximate surface area is 116 Å². The van der Waals surface area contributed by atoms with E-state index in [1.165, 1.54) is 10.9 Å². The lowest BCUT2D eigenvalue weighted by molar-refractivity contribution is -0.145. The van der Waals surface area contributed by atoms with Crippen molar-refractivity contribution >= 4 is 11.7 Å². The lowest BCUT2D eigenvalue weighted by Crippen LogP contribution is -2.14. The van der Waals surface area contributed by atoms with Crippen LogP contribution in [-0.2, 0) is 22.7 Å². The van der Waals surface area contributed by atoms with Gasteiger partial charge in [-0.3, -0.25) is 9.48 Å². The van der Waals surface area contributed by atoms with Gasteiger partial charge in [0.1, 0.15) is 13.2 Å². The molecule has 2 N–H and O–H groups in total. The number of esters is 1. The Morgan fingerprint density at radius 1 is 1.55 bits per heavy atom. The summed E-state index contributed by atoms with van der Waals surface area (Å²) in [6.07, 6.45) is 3.03. The maximum absolute atomic E-state index is 11.7. The number of rotatable bonds is 4. The number of carbonyl (C=O) groups excluding carboxylic acids is 1. The Hall–Kier alpha value is -2.81. The van der Waals surface area contributed by atoms with Crippen LogP contribution >= 0.6 is 0 Å². The molecule has 1 heterocycles. The van der Waals surface area contributed by atoms with Crippen LogP contribution in [-0.4, -0.2) is 15.7 Å². The van der Waals surface area contributed by atoms with Crippen molar-refractivity contribution in [2.24, 2.45) is 0 Å². The smallest absolute Gasteiger partial charge is 0.328 e. The van der Waals surface area contributed by atoms with Crippen LogP contribution in [0.4, 0.5) is 5.69 Å². The Bertz CT molecular complexity index is 670. The van der Waals surface area contributed by atoms with Gasteiger partial charge in [-0.05, 0) is 30.2 Å². The molecule has 2 rings (SSSR count). The van der Waals surface area contributed by atoms with Gasteiger partial charge in [0.15, 0.2) is 0 Å². The number of anilines is 1. The topological polar surface area (TPSA) is 93.9 Å². The van der Waals surface area contributed by atoms with E-state index in [-0.39, 0.29) is 13.2 Å². The normalized spacial score (nSPS) is 10.0. The number of benzene rings is 1. The average molecular weight is 270 g/mol. The third-order valence-corrected chi connectivity index (χ3v) is 2.80. The van der Waals surface area contributed by atoms with Gasteiger partial charge in [-0.25, -0.2) is 0 Å². The van der Waals surface area contributed by atoms with Gasteiger partial charge in [0.25, 0.3) is 0 Å². The molecule has 2 aromatic rings. The van der Waals surface area contributed by atoms with Crippen LogP contribution in [0.25, 0.3) is 0 Å². The van der Waals surface area contributed by atoms with Gasteiger partial charge in [0.2, 0.25) is 0 Å². The molecule has 0 saturated carbocycles. The Morgan fingerprint density at radius 2 is 2.35 bits per heavy atom. The van der Waals surface area contributed by atoms with E-state index in [4.69, 9.17) is 15.7 Å². The fourth-order valence-corrected chi connectivity index (χ4v) is 1.73. The molecule has 0 fully saturated rings. The maximum atomic E-state index is 11.7. The highest BCUT2D eigenvalue weighted by molar-refractivity contribution is 5.69. The highest BCUT2D eigenvalue weighted by Crippen LogP contribution is 2.12. The number of carbonyl (C=O) groups is 1. The molecule has 0 unspecified atom stereocenters. The van der Waals surface area contributed by atoms with Gasteiger partial charge in [-0.1, -0.05) is 6.07 Å². The molecule has 0 atom stereocenters. The SMILES string of the molecule is Cc1cc(C#N)ccc1COC(=O)Cn1cc(N)cn1. The molecule has 0 radical (unpaired) electrons.